The lowest BCUT2D eigenvalue weighted by atomic mass is 9.95. The first-order valence-corrected chi connectivity index (χ1v) is 10.0. The van der Waals surface area contributed by atoms with Crippen LogP contribution < -0.4 is 0 Å². The van der Waals surface area contributed by atoms with Gasteiger partial charge in [-0.05, 0) is 6.42 Å². The van der Waals surface area contributed by atoms with Crippen molar-refractivity contribution in [1.29, 1.82) is 0 Å². The molecule has 0 aliphatic heterocycles. The van der Waals surface area contributed by atoms with Crippen LogP contribution in [-0.2, 0) is 4.79 Å². The van der Waals surface area contributed by atoms with Crippen molar-refractivity contribution in [2.75, 3.05) is 0 Å². The Hall–Kier alpha value is -1.01. The van der Waals surface area contributed by atoms with Gasteiger partial charge in [0.2, 0.25) is 0 Å². The summed E-state index contributed by atoms with van der Waals surface area (Å²) < 4.78 is 0. The smallest absolute Gasteiger partial charge is 0.310 e. The van der Waals surface area contributed by atoms with Crippen molar-refractivity contribution in [2.45, 2.75) is 109 Å². The maximum absolute atomic E-state index is 11.0. The van der Waals surface area contributed by atoms with Crippen molar-refractivity contribution in [2.24, 2.45) is 5.92 Å². The van der Waals surface area contributed by atoms with Crippen molar-refractivity contribution in [3.05, 3.63) is 0 Å². The summed E-state index contributed by atoms with van der Waals surface area (Å²) in [7, 11) is 0. The molecule has 2 atom stereocenters. The molecule has 0 bridgehead atoms. The number of carboxylic acid groups (broad SMARTS) is 1. The Kier molecular flexibility index (Phi) is 16.1. The van der Waals surface area contributed by atoms with E-state index in [0.717, 1.165) is 19.3 Å². The summed E-state index contributed by atoms with van der Waals surface area (Å²) in [5.41, 5.74) is 0. The van der Waals surface area contributed by atoms with E-state index in [0.29, 0.717) is 6.42 Å². The van der Waals surface area contributed by atoms with Crippen LogP contribution in [0.2, 0.25) is 0 Å². The largest absolute Gasteiger partial charge is 0.481 e. The number of rotatable bonds is 17. The molecule has 0 spiro atoms. The average Bonchev–Trinajstić information content (AvgIpc) is 2.57. The predicted octanol–water partition coefficient (Wildman–Crippen LogP) is 5.55. The number of aliphatic hydroxyl groups is 1. The Morgan fingerprint density at radius 1 is 0.833 bits per heavy atom. The van der Waals surface area contributed by atoms with Gasteiger partial charge in [0.15, 0.2) is 0 Å². The number of unbranched alkanes of at least 4 members (excludes halogenated alkanes) is 13. The molecule has 3 nitrogen and oxygen atoms in total. The molecule has 0 radical (unpaired) electrons. The van der Waals surface area contributed by atoms with E-state index in [9.17, 15) is 9.90 Å². The van der Waals surface area contributed by atoms with Gasteiger partial charge in [0.25, 0.3) is 0 Å². The summed E-state index contributed by atoms with van der Waals surface area (Å²) in [6.07, 6.45) is 22.3. The summed E-state index contributed by atoms with van der Waals surface area (Å²) in [5.74, 6) is 0.317. The van der Waals surface area contributed by atoms with Crippen LogP contribution in [0.3, 0.4) is 0 Å². The fraction of sp³-hybridized carbons (Fsp3) is 0.857. The highest BCUT2D eigenvalue weighted by Gasteiger charge is 2.24. The van der Waals surface area contributed by atoms with Gasteiger partial charge in [-0.1, -0.05) is 103 Å². The Bertz CT molecular complexity index is 332. The minimum absolute atomic E-state index is 0.471. The number of hydrogen-bond acceptors (Lipinski definition) is 2. The van der Waals surface area contributed by atoms with Gasteiger partial charge in [0.1, 0.15) is 6.10 Å². The van der Waals surface area contributed by atoms with Crippen LogP contribution in [0.4, 0.5) is 0 Å². The Labute approximate surface area is 149 Å². The van der Waals surface area contributed by atoms with E-state index >= 15 is 0 Å². The molecule has 0 aromatic carbocycles. The first-order chi connectivity index (χ1) is 11.6. The van der Waals surface area contributed by atoms with E-state index in [2.05, 4.69) is 12.8 Å². The summed E-state index contributed by atoms with van der Waals surface area (Å²) in [6.45, 7) is 2.26. The molecule has 0 saturated heterocycles. The lowest BCUT2D eigenvalue weighted by molar-refractivity contribution is -0.144. The second kappa shape index (κ2) is 16.8. The van der Waals surface area contributed by atoms with Gasteiger partial charge in [0.05, 0.1) is 5.92 Å². The molecule has 140 valence electrons. The van der Waals surface area contributed by atoms with Crippen LogP contribution in [-0.4, -0.2) is 22.3 Å². The zero-order valence-electron chi connectivity index (χ0n) is 15.6. The van der Waals surface area contributed by atoms with Crippen LogP contribution in [0.5, 0.6) is 0 Å². The van der Waals surface area contributed by atoms with Gasteiger partial charge >= 0.3 is 5.97 Å². The minimum atomic E-state index is -1.16. The zero-order chi connectivity index (χ0) is 18.0. The molecule has 0 aromatic rings. The zero-order valence-corrected chi connectivity index (χ0v) is 15.6. The number of terminal acetylenes is 1. The highest BCUT2D eigenvalue weighted by molar-refractivity contribution is 5.71. The van der Waals surface area contributed by atoms with E-state index in [1.807, 2.05) is 0 Å². The van der Waals surface area contributed by atoms with Crippen molar-refractivity contribution >= 4 is 5.97 Å². The number of carboxylic acids is 1. The molecule has 0 aliphatic rings. The van der Waals surface area contributed by atoms with Gasteiger partial charge in [-0.2, -0.15) is 0 Å². The molecule has 0 amide bonds. The summed E-state index contributed by atoms with van der Waals surface area (Å²) >= 11 is 0. The summed E-state index contributed by atoms with van der Waals surface area (Å²) in [4.78, 5) is 11.0. The molecular weight excluding hydrogens is 300 g/mol. The number of carbonyl (C=O) groups is 1. The number of hydrogen-bond donors (Lipinski definition) is 2. The SMILES string of the molecule is C#C[C@H](O)[C@@H](CCCCCCCCCCCCCCCC)C(=O)O. The first-order valence-electron chi connectivity index (χ1n) is 10.0. The lowest BCUT2D eigenvalue weighted by Gasteiger charge is -2.14. The lowest BCUT2D eigenvalue weighted by Crippen LogP contribution is -2.26. The van der Waals surface area contributed by atoms with Crippen LogP contribution in [0, 0.1) is 18.3 Å². The van der Waals surface area contributed by atoms with E-state index in [1.165, 1.54) is 70.6 Å². The standard InChI is InChI=1S/C21H38O3/c1-3-5-6-7-8-9-10-11-12-13-14-15-16-17-18-19(21(23)24)20(22)4-2/h2,19-20,22H,3,5-18H2,1H3,(H,23,24)/t19-,20+/m1/s1. The van der Waals surface area contributed by atoms with Gasteiger partial charge in [-0.15, -0.1) is 6.42 Å². The summed E-state index contributed by atoms with van der Waals surface area (Å²) in [6, 6.07) is 0. The minimum Gasteiger partial charge on any atom is -0.481 e. The average molecular weight is 339 g/mol. The molecular formula is C21H38O3. The van der Waals surface area contributed by atoms with Crippen LogP contribution in [0.1, 0.15) is 103 Å². The summed E-state index contributed by atoms with van der Waals surface area (Å²) in [5, 5.41) is 18.5. The normalized spacial score (nSPS) is 13.4. The maximum atomic E-state index is 11.0. The van der Waals surface area contributed by atoms with Crippen LogP contribution >= 0.6 is 0 Å². The Balaban J connectivity index is 3.33. The molecule has 0 unspecified atom stereocenters. The third kappa shape index (κ3) is 13.4. The van der Waals surface area contributed by atoms with Crippen molar-refractivity contribution in [3.63, 3.8) is 0 Å². The molecule has 0 aliphatic carbocycles. The topological polar surface area (TPSA) is 57.5 Å². The monoisotopic (exact) mass is 338 g/mol. The fourth-order valence-electron chi connectivity index (χ4n) is 3.09. The van der Waals surface area contributed by atoms with Crippen molar-refractivity contribution in [1.82, 2.24) is 0 Å². The fourth-order valence-corrected chi connectivity index (χ4v) is 3.09. The van der Waals surface area contributed by atoms with Crippen molar-refractivity contribution in [3.8, 4) is 12.3 Å². The molecule has 0 fully saturated rings. The van der Waals surface area contributed by atoms with Crippen molar-refractivity contribution < 1.29 is 15.0 Å². The van der Waals surface area contributed by atoms with Gasteiger partial charge < -0.3 is 10.2 Å². The van der Waals surface area contributed by atoms with Crippen LogP contribution in [0.25, 0.3) is 0 Å². The highest BCUT2D eigenvalue weighted by Crippen LogP contribution is 2.17. The molecule has 3 heteroatoms. The molecule has 0 saturated carbocycles. The van der Waals surface area contributed by atoms with E-state index < -0.39 is 18.0 Å². The molecule has 0 heterocycles. The third-order valence-corrected chi connectivity index (χ3v) is 4.74. The molecule has 24 heavy (non-hydrogen) atoms. The number of aliphatic hydroxyl groups excluding tert-OH is 1. The van der Waals surface area contributed by atoms with Gasteiger partial charge in [-0.25, -0.2) is 0 Å². The second-order valence-electron chi connectivity index (χ2n) is 6.94. The predicted molar refractivity (Wildman–Crippen MR) is 101 cm³/mol. The van der Waals surface area contributed by atoms with Gasteiger partial charge in [-0.3, -0.25) is 4.79 Å². The Morgan fingerprint density at radius 3 is 1.54 bits per heavy atom. The second-order valence-corrected chi connectivity index (χ2v) is 6.94. The Morgan fingerprint density at radius 2 is 1.21 bits per heavy atom. The molecule has 0 aromatic heterocycles. The van der Waals surface area contributed by atoms with Crippen LogP contribution in [0.15, 0.2) is 0 Å². The quantitative estimate of drug-likeness (QED) is 0.270. The van der Waals surface area contributed by atoms with E-state index in [1.54, 1.807) is 0 Å². The van der Waals surface area contributed by atoms with E-state index in [-0.39, 0.29) is 0 Å². The highest BCUT2D eigenvalue weighted by atomic mass is 16.4. The first kappa shape index (κ1) is 23.0. The molecule has 2 N–H and O–H groups in total. The maximum Gasteiger partial charge on any atom is 0.310 e. The molecule has 0 rings (SSSR count). The number of aliphatic carboxylic acids is 1. The third-order valence-electron chi connectivity index (χ3n) is 4.74. The van der Waals surface area contributed by atoms with E-state index in [4.69, 9.17) is 11.5 Å². The van der Waals surface area contributed by atoms with Gasteiger partial charge in [0, 0.05) is 0 Å².